The second-order valence-electron chi connectivity index (χ2n) is 3.30. The first-order valence-electron chi connectivity index (χ1n) is 5.33. The smallest absolute Gasteiger partial charge is 0.161 e. The second-order valence-corrected chi connectivity index (χ2v) is 3.30. The molecule has 0 atom stereocenters. The number of ether oxygens (including phenoxy) is 2. The van der Waals surface area contributed by atoms with Gasteiger partial charge < -0.3 is 19.7 Å². The van der Waals surface area contributed by atoms with Gasteiger partial charge in [-0.25, -0.2) is 0 Å². The fourth-order valence-corrected chi connectivity index (χ4v) is 1.23. The summed E-state index contributed by atoms with van der Waals surface area (Å²) in [7, 11) is 1.50. The Balaban J connectivity index is 2.42. The predicted octanol–water partition coefficient (Wildman–Crippen LogP) is 0.829. The molecule has 0 aromatic heterocycles. The summed E-state index contributed by atoms with van der Waals surface area (Å²) >= 11 is 0. The lowest BCUT2D eigenvalue weighted by Crippen LogP contribution is -2.03. The Bertz CT molecular complexity index is 366. The highest BCUT2D eigenvalue weighted by atomic mass is 16.5. The number of aliphatic hydroxyl groups is 1. The summed E-state index contributed by atoms with van der Waals surface area (Å²) in [5.74, 6) is 0.529. The van der Waals surface area contributed by atoms with Crippen LogP contribution < -0.4 is 4.74 Å². The maximum atomic E-state index is 9.39. The minimum atomic E-state index is 0.0267. The van der Waals surface area contributed by atoms with Crippen molar-refractivity contribution in [2.45, 2.75) is 0 Å². The molecule has 0 bridgehead atoms. The molecule has 0 amide bonds. The molecule has 0 unspecified atom stereocenters. The molecule has 94 valence electrons. The maximum Gasteiger partial charge on any atom is 0.161 e. The first-order chi connectivity index (χ1) is 8.27. The van der Waals surface area contributed by atoms with Crippen molar-refractivity contribution in [1.29, 1.82) is 0 Å². The number of aliphatic hydroxyl groups excluding tert-OH is 1. The van der Waals surface area contributed by atoms with Gasteiger partial charge in [-0.2, -0.15) is 0 Å². The largest absolute Gasteiger partial charge is 0.504 e. The zero-order valence-electron chi connectivity index (χ0n) is 9.80. The molecule has 0 saturated heterocycles. The number of phenolic OH excluding ortho intramolecular Hbond substituents is 1. The predicted molar refractivity (Wildman–Crippen MR) is 65.0 cm³/mol. The second kappa shape index (κ2) is 7.65. The average molecular weight is 239 g/mol. The number of hydrogen-bond acceptors (Lipinski definition) is 5. The summed E-state index contributed by atoms with van der Waals surface area (Å²) < 4.78 is 10.0. The van der Waals surface area contributed by atoms with Crippen molar-refractivity contribution in [2.24, 2.45) is 4.99 Å². The Morgan fingerprint density at radius 2 is 2.18 bits per heavy atom. The van der Waals surface area contributed by atoms with Crippen LogP contribution in [-0.2, 0) is 4.74 Å². The fourth-order valence-electron chi connectivity index (χ4n) is 1.23. The minimum Gasteiger partial charge on any atom is -0.504 e. The van der Waals surface area contributed by atoms with E-state index in [1.165, 1.54) is 7.11 Å². The molecule has 0 heterocycles. The number of nitrogens with zero attached hydrogens (tertiary/aromatic N) is 1. The van der Waals surface area contributed by atoms with E-state index in [4.69, 9.17) is 14.6 Å². The van der Waals surface area contributed by atoms with Crippen LogP contribution in [0.1, 0.15) is 5.56 Å². The third kappa shape index (κ3) is 4.84. The molecule has 1 aromatic carbocycles. The van der Waals surface area contributed by atoms with Gasteiger partial charge >= 0.3 is 0 Å². The van der Waals surface area contributed by atoms with Crippen molar-refractivity contribution in [1.82, 2.24) is 0 Å². The summed E-state index contributed by atoms with van der Waals surface area (Å²) in [5, 5.41) is 17.9. The third-order valence-electron chi connectivity index (χ3n) is 2.04. The van der Waals surface area contributed by atoms with Crippen molar-refractivity contribution in [2.75, 3.05) is 33.5 Å². The number of benzene rings is 1. The molecule has 0 fully saturated rings. The lowest BCUT2D eigenvalue weighted by atomic mass is 10.2. The highest BCUT2D eigenvalue weighted by molar-refractivity contribution is 5.80. The monoisotopic (exact) mass is 239 g/mol. The van der Waals surface area contributed by atoms with Gasteiger partial charge in [0.2, 0.25) is 0 Å². The molecule has 5 heteroatoms. The van der Waals surface area contributed by atoms with Crippen LogP contribution in [0.5, 0.6) is 11.5 Å². The summed E-state index contributed by atoms with van der Waals surface area (Å²) in [5.41, 5.74) is 0.849. The molecule has 0 aliphatic heterocycles. The number of rotatable bonds is 7. The summed E-state index contributed by atoms with van der Waals surface area (Å²) in [6.07, 6.45) is 1.68. The Labute approximate surface area is 100 Å². The van der Waals surface area contributed by atoms with Crippen LogP contribution in [0.25, 0.3) is 0 Å². The lowest BCUT2D eigenvalue weighted by Gasteiger charge is -2.03. The van der Waals surface area contributed by atoms with Crippen LogP contribution in [0.2, 0.25) is 0 Å². The summed E-state index contributed by atoms with van der Waals surface area (Å²) in [6.45, 7) is 1.37. The van der Waals surface area contributed by atoms with Gasteiger partial charge in [-0.3, -0.25) is 4.99 Å². The topological polar surface area (TPSA) is 71.3 Å². The highest BCUT2D eigenvalue weighted by Gasteiger charge is 2.00. The van der Waals surface area contributed by atoms with Crippen molar-refractivity contribution in [3.8, 4) is 11.5 Å². The maximum absolute atomic E-state index is 9.39. The van der Waals surface area contributed by atoms with Gasteiger partial charge in [0.25, 0.3) is 0 Å². The Hall–Kier alpha value is -1.59. The van der Waals surface area contributed by atoms with E-state index in [0.717, 1.165) is 5.56 Å². The number of hydrogen-bond donors (Lipinski definition) is 2. The third-order valence-corrected chi connectivity index (χ3v) is 2.04. The number of methoxy groups -OCH3 is 1. The zero-order valence-corrected chi connectivity index (χ0v) is 9.80. The fraction of sp³-hybridized carbons (Fsp3) is 0.417. The molecule has 0 saturated carbocycles. The van der Waals surface area contributed by atoms with Crippen LogP contribution in [0, 0.1) is 0 Å². The number of phenols is 1. The standard InChI is InChI=1S/C12H17NO4/c1-16-12-8-10(2-3-11(12)15)9-13-4-6-17-7-5-14/h2-3,8-9,14-15H,4-7H2,1H3. The molecule has 1 aromatic rings. The van der Waals surface area contributed by atoms with Gasteiger partial charge in [0.1, 0.15) is 0 Å². The SMILES string of the molecule is COc1cc(C=NCCOCCO)ccc1O. The Morgan fingerprint density at radius 1 is 1.35 bits per heavy atom. The molecule has 0 spiro atoms. The van der Waals surface area contributed by atoms with Gasteiger partial charge in [0.15, 0.2) is 11.5 Å². The van der Waals surface area contributed by atoms with Crippen LogP contribution in [0.3, 0.4) is 0 Å². The highest BCUT2D eigenvalue weighted by Crippen LogP contribution is 2.25. The minimum absolute atomic E-state index is 0.0267. The molecular weight excluding hydrogens is 222 g/mol. The van der Waals surface area contributed by atoms with Gasteiger partial charge in [0.05, 0.1) is 33.5 Å². The molecule has 2 N–H and O–H groups in total. The van der Waals surface area contributed by atoms with E-state index in [9.17, 15) is 5.11 Å². The molecule has 0 aliphatic carbocycles. The number of aliphatic imine (C=N–C) groups is 1. The molecular formula is C12H17NO4. The molecule has 0 aliphatic rings. The van der Waals surface area contributed by atoms with Crippen LogP contribution in [-0.4, -0.2) is 49.9 Å². The molecule has 5 nitrogen and oxygen atoms in total. The van der Waals surface area contributed by atoms with E-state index in [1.807, 2.05) is 0 Å². The normalized spacial score (nSPS) is 10.9. The Morgan fingerprint density at radius 3 is 2.88 bits per heavy atom. The van der Waals surface area contributed by atoms with E-state index in [1.54, 1.807) is 24.4 Å². The van der Waals surface area contributed by atoms with E-state index in [0.29, 0.717) is 25.5 Å². The van der Waals surface area contributed by atoms with Crippen molar-refractivity contribution >= 4 is 6.21 Å². The first kappa shape index (κ1) is 13.5. The van der Waals surface area contributed by atoms with Crippen molar-refractivity contribution in [3.05, 3.63) is 23.8 Å². The van der Waals surface area contributed by atoms with Crippen molar-refractivity contribution < 1.29 is 19.7 Å². The van der Waals surface area contributed by atoms with Gasteiger partial charge in [-0.1, -0.05) is 0 Å². The van der Waals surface area contributed by atoms with Crippen LogP contribution >= 0.6 is 0 Å². The van der Waals surface area contributed by atoms with Crippen LogP contribution in [0.4, 0.5) is 0 Å². The van der Waals surface area contributed by atoms with E-state index >= 15 is 0 Å². The van der Waals surface area contributed by atoms with E-state index in [2.05, 4.69) is 4.99 Å². The summed E-state index contributed by atoms with van der Waals surface area (Å²) in [6, 6.07) is 5.01. The van der Waals surface area contributed by atoms with Gasteiger partial charge in [-0.05, 0) is 23.8 Å². The zero-order chi connectivity index (χ0) is 12.5. The lowest BCUT2D eigenvalue weighted by molar-refractivity contribution is 0.0978. The van der Waals surface area contributed by atoms with Gasteiger partial charge in [-0.15, -0.1) is 0 Å². The quantitative estimate of drug-likeness (QED) is 0.546. The Kier molecular flexibility index (Phi) is 6.06. The molecule has 1 rings (SSSR count). The average Bonchev–Trinajstić information content (AvgIpc) is 2.35. The van der Waals surface area contributed by atoms with Crippen molar-refractivity contribution in [3.63, 3.8) is 0 Å². The first-order valence-corrected chi connectivity index (χ1v) is 5.33. The molecule has 0 radical (unpaired) electrons. The molecule has 17 heavy (non-hydrogen) atoms. The number of aromatic hydroxyl groups is 1. The van der Waals surface area contributed by atoms with Gasteiger partial charge in [0, 0.05) is 6.21 Å². The summed E-state index contributed by atoms with van der Waals surface area (Å²) in [4.78, 5) is 4.15. The van der Waals surface area contributed by atoms with Crippen LogP contribution in [0.15, 0.2) is 23.2 Å². The van der Waals surface area contributed by atoms with E-state index < -0.39 is 0 Å². The van der Waals surface area contributed by atoms with E-state index in [-0.39, 0.29) is 12.4 Å².